The zero-order valence-electron chi connectivity index (χ0n) is 15.0. The molecular formula is C18H20Cl2NO5P. The Morgan fingerprint density at radius 3 is 2.19 bits per heavy atom. The fourth-order valence-electron chi connectivity index (χ4n) is 3.43. The first-order valence-corrected chi connectivity index (χ1v) is 11.0. The summed E-state index contributed by atoms with van der Waals surface area (Å²) in [5.41, 5.74) is 2.20. The highest BCUT2D eigenvalue weighted by molar-refractivity contribution is 7.56. The molecule has 1 aromatic rings. The molecule has 1 unspecified atom stereocenters. The van der Waals surface area contributed by atoms with Crippen LogP contribution in [0.3, 0.4) is 0 Å². The Kier molecular flexibility index (Phi) is 6.14. The minimum absolute atomic E-state index is 0.0938. The second-order valence-corrected chi connectivity index (χ2v) is 10.1. The Morgan fingerprint density at radius 1 is 1.11 bits per heavy atom. The molecule has 1 aromatic carbocycles. The maximum Gasteiger partial charge on any atom is 0.348 e. The van der Waals surface area contributed by atoms with Crippen molar-refractivity contribution in [2.75, 3.05) is 19.1 Å². The normalized spacial score (nSPS) is 18.9. The lowest BCUT2D eigenvalue weighted by molar-refractivity contribution is -0.120. The number of amides is 2. The van der Waals surface area contributed by atoms with Crippen LogP contribution in [0.1, 0.15) is 31.2 Å². The fraction of sp³-hybridized carbons (Fsp3) is 0.444. The highest BCUT2D eigenvalue weighted by Gasteiger charge is 2.40. The van der Waals surface area contributed by atoms with Crippen LogP contribution in [0.2, 0.25) is 5.02 Å². The van der Waals surface area contributed by atoms with Crippen molar-refractivity contribution < 1.29 is 23.2 Å². The largest absolute Gasteiger partial charge is 0.348 e. The van der Waals surface area contributed by atoms with Crippen LogP contribution in [-0.4, -0.2) is 31.2 Å². The van der Waals surface area contributed by atoms with E-state index in [1.807, 2.05) is 0 Å². The van der Waals surface area contributed by atoms with Gasteiger partial charge in [0.25, 0.3) is 11.8 Å². The Labute approximate surface area is 167 Å². The monoisotopic (exact) mass is 431 g/mol. The van der Waals surface area contributed by atoms with Gasteiger partial charge in [-0.3, -0.25) is 14.2 Å². The molecule has 9 heteroatoms. The van der Waals surface area contributed by atoms with E-state index in [1.54, 1.807) is 18.2 Å². The van der Waals surface area contributed by atoms with Crippen molar-refractivity contribution in [3.63, 3.8) is 0 Å². The zero-order chi connectivity index (χ0) is 19.8. The number of hydrogen-bond acceptors (Lipinski definition) is 5. The summed E-state index contributed by atoms with van der Waals surface area (Å²) in [6.45, 7) is 0. The van der Waals surface area contributed by atoms with Crippen molar-refractivity contribution in [2.24, 2.45) is 0 Å². The van der Waals surface area contributed by atoms with Crippen molar-refractivity contribution in [1.82, 2.24) is 0 Å². The lowest BCUT2D eigenvalue weighted by Crippen LogP contribution is -2.31. The number of carbonyl (C=O) groups excluding carboxylic acids is 2. The number of halogens is 2. The van der Waals surface area contributed by atoms with Gasteiger partial charge in [-0.1, -0.05) is 11.6 Å². The van der Waals surface area contributed by atoms with Gasteiger partial charge in [0.1, 0.15) is 5.12 Å². The van der Waals surface area contributed by atoms with Crippen molar-refractivity contribution >= 4 is 48.3 Å². The molecule has 3 rings (SSSR count). The summed E-state index contributed by atoms with van der Waals surface area (Å²) in [6.07, 6.45) is 3.18. The summed E-state index contributed by atoms with van der Waals surface area (Å²) in [5, 5.41) is -0.573. The first-order chi connectivity index (χ1) is 12.8. The molecule has 27 heavy (non-hydrogen) atoms. The Bertz CT molecular complexity index is 833. The number of anilines is 1. The number of benzene rings is 1. The van der Waals surface area contributed by atoms with Crippen LogP contribution in [0.5, 0.6) is 0 Å². The minimum atomic E-state index is -3.49. The second-order valence-electron chi connectivity index (χ2n) is 6.43. The van der Waals surface area contributed by atoms with E-state index in [0.717, 1.165) is 12.8 Å². The molecule has 2 aliphatic rings. The van der Waals surface area contributed by atoms with Gasteiger partial charge in [-0.2, -0.15) is 0 Å². The van der Waals surface area contributed by atoms with Crippen LogP contribution >= 0.6 is 30.8 Å². The molecule has 0 saturated heterocycles. The molecule has 1 atom stereocenters. The topological polar surface area (TPSA) is 72.9 Å². The van der Waals surface area contributed by atoms with E-state index in [4.69, 9.17) is 32.2 Å². The van der Waals surface area contributed by atoms with Gasteiger partial charge in [0.2, 0.25) is 0 Å². The maximum atomic E-state index is 12.7. The van der Waals surface area contributed by atoms with Gasteiger partial charge in [-0.25, -0.2) is 4.90 Å². The van der Waals surface area contributed by atoms with Gasteiger partial charge in [0.05, 0.1) is 5.69 Å². The van der Waals surface area contributed by atoms with Gasteiger partial charge in [-0.15, -0.1) is 11.6 Å². The van der Waals surface area contributed by atoms with E-state index in [2.05, 4.69) is 0 Å². The molecule has 1 aliphatic carbocycles. The van der Waals surface area contributed by atoms with Crippen molar-refractivity contribution in [2.45, 2.75) is 37.2 Å². The second kappa shape index (κ2) is 8.06. The van der Waals surface area contributed by atoms with Gasteiger partial charge in [0, 0.05) is 36.8 Å². The van der Waals surface area contributed by atoms with E-state index in [1.165, 1.54) is 19.1 Å². The molecule has 1 heterocycles. The lowest BCUT2D eigenvalue weighted by Gasteiger charge is -2.21. The number of imide groups is 1. The van der Waals surface area contributed by atoms with E-state index in [-0.39, 0.29) is 18.2 Å². The average molecular weight is 432 g/mol. The molecular weight excluding hydrogens is 412 g/mol. The molecule has 0 fully saturated rings. The third-order valence-corrected chi connectivity index (χ3v) is 8.05. The highest BCUT2D eigenvalue weighted by atomic mass is 35.5. The standard InChI is InChI=1S/C18H20Cl2NO5P/c1-25-27(24,26-2)16(20)10-11-9-12(7-8-15(11)19)21-17(22)13-5-3-4-6-14(13)18(21)23/h7-9,16H,3-6,10H2,1-2H3. The molecule has 0 N–H and O–H groups in total. The lowest BCUT2D eigenvalue weighted by atomic mass is 9.93. The molecule has 0 spiro atoms. The van der Waals surface area contributed by atoms with Crippen molar-refractivity contribution in [3.05, 3.63) is 39.9 Å². The summed E-state index contributed by atoms with van der Waals surface area (Å²) in [4.78, 5) is 26.6. The first kappa shape index (κ1) is 20.6. The van der Waals surface area contributed by atoms with Crippen LogP contribution in [-0.2, 0) is 29.6 Å². The van der Waals surface area contributed by atoms with Crippen LogP contribution in [0.15, 0.2) is 29.3 Å². The van der Waals surface area contributed by atoms with Crippen LogP contribution < -0.4 is 4.90 Å². The minimum Gasteiger partial charge on any atom is -0.311 e. The highest BCUT2D eigenvalue weighted by Crippen LogP contribution is 2.54. The first-order valence-electron chi connectivity index (χ1n) is 8.57. The maximum absolute atomic E-state index is 12.7. The molecule has 2 amide bonds. The summed E-state index contributed by atoms with van der Waals surface area (Å²) >= 11 is 12.5. The van der Waals surface area contributed by atoms with Gasteiger partial charge >= 0.3 is 7.60 Å². The molecule has 0 bridgehead atoms. The van der Waals surface area contributed by atoms with Crippen LogP contribution in [0, 0.1) is 0 Å². The number of nitrogens with zero attached hydrogens (tertiary/aromatic N) is 1. The van der Waals surface area contributed by atoms with Gasteiger partial charge in [-0.05, 0) is 49.4 Å². The van der Waals surface area contributed by atoms with E-state index in [0.29, 0.717) is 40.3 Å². The predicted molar refractivity (Wildman–Crippen MR) is 104 cm³/mol. The summed E-state index contributed by atoms with van der Waals surface area (Å²) in [6, 6.07) is 4.84. The van der Waals surface area contributed by atoms with Crippen LogP contribution in [0.4, 0.5) is 5.69 Å². The third kappa shape index (κ3) is 3.74. The zero-order valence-corrected chi connectivity index (χ0v) is 17.4. The predicted octanol–water partition coefficient (Wildman–Crippen LogP) is 4.68. The molecule has 0 radical (unpaired) electrons. The number of rotatable bonds is 6. The quantitative estimate of drug-likeness (QED) is 0.371. The number of alkyl halides is 1. The van der Waals surface area contributed by atoms with E-state index >= 15 is 0 Å². The third-order valence-electron chi connectivity index (χ3n) is 4.92. The molecule has 146 valence electrons. The fourth-order valence-corrected chi connectivity index (χ4v) is 5.29. The summed E-state index contributed by atoms with van der Waals surface area (Å²) in [7, 11) is -0.974. The molecule has 0 aromatic heterocycles. The number of hydrogen-bond donors (Lipinski definition) is 0. The summed E-state index contributed by atoms with van der Waals surface area (Å²) < 4.78 is 22.3. The van der Waals surface area contributed by atoms with Crippen LogP contribution in [0.25, 0.3) is 0 Å². The molecule has 0 saturated carbocycles. The van der Waals surface area contributed by atoms with Gasteiger partial charge in [0.15, 0.2) is 0 Å². The van der Waals surface area contributed by atoms with E-state index in [9.17, 15) is 14.2 Å². The smallest absolute Gasteiger partial charge is 0.311 e. The molecule has 1 aliphatic heterocycles. The summed E-state index contributed by atoms with van der Waals surface area (Å²) in [5.74, 6) is -0.547. The Hall–Kier alpha value is -1.17. The van der Waals surface area contributed by atoms with Gasteiger partial charge < -0.3 is 9.05 Å². The number of carbonyl (C=O) groups is 2. The van der Waals surface area contributed by atoms with Crippen molar-refractivity contribution in [3.8, 4) is 0 Å². The Morgan fingerprint density at radius 2 is 1.67 bits per heavy atom. The SMILES string of the molecule is COP(=O)(OC)C(Cl)Cc1cc(N2C(=O)C3=C(CCCC3)C2=O)ccc1Cl. The van der Waals surface area contributed by atoms with Crippen molar-refractivity contribution in [1.29, 1.82) is 0 Å². The molecule has 6 nitrogen and oxygen atoms in total. The van der Waals surface area contributed by atoms with E-state index < -0.39 is 12.7 Å². The Balaban J connectivity index is 1.89. The average Bonchev–Trinajstić information content (AvgIpc) is 2.94.